The molecule has 1 heterocycles. The van der Waals surface area contributed by atoms with Crippen molar-refractivity contribution < 1.29 is 9.53 Å². The highest BCUT2D eigenvalue weighted by Crippen LogP contribution is 2.24. The van der Waals surface area contributed by atoms with Gasteiger partial charge >= 0.3 is 0 Å². The molecule has 0 unspecified atom stereocenters. The van der Waals surface area contributed by atoms with Crippen LogP contribution in [0.15, 0.2) is 30.3 Å². The third-order valence-corrected chi connectivity index (χ3v) is 3.44. The number of amides is 1. The average molecular weight is 262 g/mol. The third kappa shape index (κ3) is 3.96. The number of para-hydroxylation sites is 1. The molecule has 0 aliphatic carbocycles. The fraction of sp³-hybridized carbons (Fsp3) is 0.533. The highest BCUT2D eigenvalue weighted by molar-refractivity contribution is 5.77. The van der Waals surface area contributed by atoms with Crippen LogP contribution in [0.3, 0.4) is 0 Å². The van der Waals surface area contributed by atoms with E-state index >= 15 is 0 Å². The van der Waals surface area contributed by atoms with Crippen molar-refractivity contribution in [1.29, 1.82) is 0 Å². The van der Waals surface area contributed by atoms with E-state index in [2.05, 4.69) is 34.5 Å². The molecule has 0 saturated carbocycles. The molecule has 1 aliphatic heterocycles. The van der Waals surface area contributed by atoms with Gasteiger partial charge in [-0.2, -0.15) is 0 Å². The summed E-state index contributed by atoms with van der Waals surface area (Å²) in [6.45, 7) is 4.39. The highest BCUT2D eigenvalue weighted by atomic mass is 16.5. The summed E-state index contributed by atoms with van der Waals surface area (Å²) in [5, 5.41) is 2.95. The quantitative estimate of drug-likeness (QED) is 0.850. The Labute approximate surface area is 114 Å². The fourth-order valence-corrected chi connectivity index (χ4v) is 2.48. The second kappa shape index (κ2) is 7.14. The second-order valence-corrected chi connectivity index (χ2v) is 4.77. The lowest BCUT2D eigenvalue weighted by Gasteiger charge is -2.27. The summed E-state index contributed by atoms with van der Waals surface area (Å²) in [6.07, 6.45) is 2.31. The molecule has 1 amide bonds. The third-order valence-electron chi connectivity index (χ3n) is 3.44. The monoisotopic (exact) mass is 262 g/mol. The standard InChI is InChI=1S/C15H22N2O2/c1-2-19-12-15(18)16-11-14-9-6-10-17(14)13-7-4-3-5-8-13/h3-5,7-8,14H,2,6,9-12H2,1H3,(H,16,18)/t14-/m1/s1. The van der Waals surface area contributed by atoms with Gasteiger partial charge in [0, 0.05) is 31.4 Å². The highest BCUT2D eigenvalue weighted by Gasteiger charge is 2.24. The molecule has 0 spiro atoms. The molecule has 0 bridgehead atoms. The van der Waals surface area contributed by atoms with E-state index in [-0.39, 0.29) is 12.5 Å². The first kappa shape index (κ1) is 13.9. The number of ether oxygens (including phenoxy) is 1. The molecule has 4 heteroatoms. The van der Waals surface area contributed by atoms with Gasteiger partial charge in [-0.25, -0.2) is 0 Å². The van der Waals surface area contributed by atoms with Gasteiger partial charge in [0.05, 0.1) is 0 Å². The molecule has 1 atom stereocenters. The van der Waals surface area contributed by atoms with Crippen LogP contribution in [0, 0.1) is 0 Å². The van der Waals surface area contributed by atoms with Crippen molar-refractivity contribution in [3.05, 3.63) is 30.3 Å². The molecular weight excluding hydrogens is 240 g/mol. The molecule has 1 aliphatic rings. The molecule has 1 N–H and O–H groups in total. The van der Waals surface area contributed by atoms with Crippen molar-refractivity contribution in [2.75, 3.05) is 31.2 Å². The summed E-state index contributed by atoms with van der Waals surface area (Å²) in [7, 11) is 0. The summed E-state index contributed by atoms with van der Waals surface area (Å²) in [5.74, 6) is -0.0261. The normalized spacial score (nSPS) is 18.6. The summed E-state index contributed by atoms with van der Waals surface area (Å²) in [4.78, 5) is 13.9. The number of anilines is 1. The van der Waals surface area contributed by atoms with Crippen molar-refractivity contribution in [1.82, 2.24) is 5.32 Å². The lowest BCUT2D eigenvalue weighted by Crippen LogP contribution is -2.41. The maximum atomic E-state index is 11.5. The van der Waals surface area contributed by atoms with Crippen LogP contribution < -0.4 is 10.2 Å². The lowest BCUT2D eigenvalue weighted by atomic mass is 10.2. The van der Waals surface area contributed by atoms with Crippen LogP contribution in [0.5, 0.6) is 0 Å². The van der Waals surface area contributed by atoms with Crippen molar-refractivity contribution >= 4 is 11.6 Å². The minimum Gasteiger partial charge on any atom is -0.372 e. The Morgan fingerprint density at radius 2 is 2.21 bits per heavy atom. The van der Waals surface area contributed by atoms with Crippen molar-refractivity contribution in [3.8, 4) is 0 Å². The minimum atomic E-state index is -0.0261. The van der Waals surface area contributed by atoms with E-state index in [0.717, 1.165) is 13.0 Å². The summed E-state index contributed by atoms with van der Waals surface area (Å²) in [6, 6.07) is 10.8. The average Bonchev–Trinajstić information content (AvgIpc) is 2.92. The number of nitrogens with one attached hydrogen (secondary N) is 1. The van der Waals surface area contributed by atoms with Gasteiger partial charge in [0.2, 0.25) is 5.91 Å². The van der Waals surface area contributed by atoms with E-state index in [1.807, 2.05) is 13.0 Å². The molecule has 0 aromatic heterocycles. The smallest absolute Gasteiger partial charge is 0.246 e. The molecule has 19 heavy (non-hydrogen) atoms. The Bertz CT molecular complexity index is 394. The number of hydrogen-bond donors (Lipinski definition) is 1. The number of carbonyl (C=O) groups excluding carboxylic acids is 1. The Morgan fingerprint density at radius 3 is 2.95 bits per heavy atom. The van der Waals surface area contributed by atoms with Crippen molar-refractivity contribution in [2.24, 2.45) is 0 Å². The molecule has 1 aromatic carbocycles. The first-order chi connectivity index (χ1) is 9.31. The van der Waals surface area contributed by atoms with Gasteiger partial charge in [-0.15, -0.1) is 0 Å². The van der Waals surface area contributed by atoms with Crippen molar-refractivity contribution in [2.45, 2.75) is 25.8 Å². The Hall–Kier alpha value is -1.55. The molecule has 4 nitrogen and oxygen atoms in total. The Kier molecular flexibility index (Phi) is 5.21. The summed E-state index contributed by atoms with van der Waals surface area (Å²) in [5.41, 5.74) is 1.24. The molecule has 1 aromatic rings. The van der Waals surface area contributed by atoms with E-state index < -0.39 is 0 Å². The van der Waals surface area contributed by atoms with Gasteiger partial charge in [-0.05, 0) is 31.9 Å². The summed E-state index contributed by atoms with van der Waals surface area (Å²) < 4.78 is 5.10. The number of benzene rings is 1. The van der Waals surface area contributed by atoms with Gasteiger partial charge in [0.25, 0.3) is 0 Å². The topological polar surface area (TPSA) is 41.6 Å². The maximum Gasteiger partial charge on any atom is 0.246 e. The van der Waals surface area contributed by atoms with Crippen LogP contribution in [0.4, 0.5) is 5.69 Å². The largest absolute Gasteiger partial charge is 0.372 e. The van der Waals surface area contributed by atoms with Crippen LogP contribution in [0.25, 0.3) is 0 Å². The van der Waals surface area contributed by atoms with Gasteiger partial charge in [0.1, 0.15) is 6.61 Å². The van der Waals surface area contributed by atoms with E-state index in [1.165, 1.54) is 12.1 Å². The van der Waals surface area contributed by atoms with Gasteiger partial charge < -0.3 is 15.0 Å². The zero-order valence-corrected chi connectivity index (χ0v) is 11.5. The first-order valence-electron chi connectivity index (χ1n) is 6.97. The second-order valence-electron chi connectivity index (χ2n) is 4.77. The van der Waals surface area contributed by atoms with Crippen molar-refractivity contribution in [3.63, 3.8) is 0 Å². The zero-order chi connectivity index (χ0) is 13.5. The maximum absolute atomic E-state index is 11.5. The number of hydrogen-bond acceptors (Lipinski definition) is 3. The molecule has 2 rings (SSSR count). The SMILES string of the molecule is CCOCC(=O)NC[C@H]1CCCN1c1ccccc1. The first-order valence-corrected chi connectivity index (χ1v) is 6.97. The molecule has 1 saturated heterocycles. The van der Waals surface area contributed by atoms with Crippen LogP contribution in [0.2, 0.25) is 0 Å². The molecule has 0 radical (unpaired) electrons. The van der Waals surface area contributed by atoms with Gasteiger partial charge in [-0.1, -0.05) is 18.2 Å². The lowest BCUT2D eigenvalue weighted by molar-refractivity contribution is -0.125. The van der Waals surface area contributed by atoms with E-state index in [4.69, 9.17) is 4.74 Å². The van der Waals surface area contributed by atoms with E-state index in [1.54, 1.807) is 0 Å². The zero-order valence-electron chi connectivity index (χ0n) is 11.5. The van der Waals surface area contributed by atoms with Crippen LogP contribution >= 0.6 is 0 Å². The van der Waals surface area contributed by atoms with E-state index in [9.17, 15) is 4.79 Å². The Morgan fingerprint density at radius 1 is 1.42 bits per heavy atom. The summed E-state index contributed by atoms with van der Waals surface area (Å²) >= 11 is 0. The molecular formula is C15H22N2O2. The number of rotatable bonds is 6. The Balaban J connectivity index is 1.84. The fourth-order valence-electron chi connectivity index (χ4n) is 2.48. The molecule has 104 valence electrons. The predicted molar refractivity (Wildman–Crippen MR) is 76.3 cm³/mol. The molecule has 1 fully saturated rings. The number of nitrogens with zero attached hydrogens (tertiary/aromatic N) is 1. The van der Waals surface area contributed by atoms with Crippen LogP contribution in [-0.4, -0.2) is 38.3 Å². The number of carbonyl (C=O) groups is 1. The van der Waals surface area contributed by atoms with Gasteiger partial charge in [0.15, 0.2) is 0 Å². The minimum absolute atomic E-state index is 0.0261. The van der Waals surface area contributed by atoms with Crippen LogP contribution in [0.1, 0.15) is 19.8 Å². The van der Waals surface area contributed by atoms with Gasteiger partial charge in [-0.3, -0.25) is 4.79 Å². The predicted octanol–water partition coefficient (Wildman–Crippen LogP) is 1.81. The van der Waals surface area contributed by atoms with Crippen LogP contribution in [-0.2, 0) is 9.53 Å². The van der Waals surface area contributed by atoms with E-state index in [0.29, 0.717) is 19.2 Å².